The predicted molar refractivity (Wildman–Crippen MR) is 69.6 cm³/mol. The van der Waals surface area contributed by atoms with Crippen molar-refractivity contribution in [2.75, 3.05) is 7.11 Å². The fraction of sp³-hybridized carbons (Fsp3) is 0.300. The molecule has 1 unspecified atom stereocenters. The van der Waals surface area contributed by atoms with Crippen LogP contribution in [0.25, 0.3) is 0 Å². The molecule has 1 atom stereocenters. The topological polar surface area (TPSA) is 133 Å². The fourth-order valence-electron chi connectivity index (χ4n) is 1.34. The quantitative estimate of drug-likeness (QED) is 0.680. The maximum atomic E-state index is 12.0. The van der Waals surface area contributed by atoms with Crippen LogP contribution < -0.4 is 9.86 Å². The van der Waals surface area contributed by atoms with Gasteiger partial charge in [-0.3, -0.25) is 4.79 Å². The number of rotatable bonds is 5. The molecule has 10 heteroatoms. The molecule has 3 N–H and O–H groups in total. The maximum Gasteiger partial charge on any atom is 0.323 e. The van der Waals surface area contributed by atoms with E-state index in [4.69, 9.17) is 5.14 Å². The van der Waals surface area contributed by atoms with Gasteiger partial charge >= 0.3 is 5.97 Å². The summed E-state index contributed by atoms with van der Waals surface area (Å²) in [5.74, 6) is -0.767. The Morgan fingerprint density at radius 2 is 1.80 bits per heavy atom. The molecule has 1 rings (SSSR count). The Labute approximate surface area is 117 Å². The number of sulfonamides is 2. The molecule has 0 bridgehead atoms. The van der Waals surface area contributed by atoms with Gasteiger partial charge in [0, 0.05) is 0 Å². The van der Waals surface area contributed by atoms with E-state index in [-0.39, 0.29) is 9.79 Å². The number of esters is 1. The molecular formula is C10H14N2O6S2. The molecule has 1 aromatic rings. The van der Waals surface area contributed by atoms with Gasteiger partial charge in [0.2, 0.25) is 20.0 Å². The molecule has 0 saturated heterocycles. The van der Waals surface area contributed by atoms with E-state index in [0.29, 0.717) is 0 Å². The highest BCUT2D eigenvalue weighted by Gasteiger charge is 2.23. The summed E-state index contributed by atoms with van der Waals surface area (Å²) < 4.78 is 52.8. The van der Waals surface area contributed by atoms with E-state index in [1.807, 2.05) is 0 Å². The van der Waals surface area contributed by atoms with Crippen LogP contribution in [0.1, 0.15) is 6.92 Å². The molecule has 0 saturated carbocycles. The number of ether oxygens (including phenoxy) is 1. The minimum Gasteiger partial charge on any atom is -0.468 e. The summed E-state index contributed by atoms with van der Waals surface area (Å²) in [7, 11) is -6.97. The highest BCUT2D eigenvalue weighted by atomic mass is 32.2. The average molecular weight is 322 g/mol. The van der Waals surface area contributed by atoms with E-state index in [1.54, 1.807) is 0 Å². The molecule has 1 aromatic carbocycles. The lowest BCUT2D eigenvalue weighted by Gasteiger charge is -2.12. The molecule has 0 heterocycles. The van der Waals surface area contributed by atoms with Crippen LogP contribution in [-0.2, 0) is 29.6 Å². The second kappa shape index (κ2) is 5.87. The molecule has 0 fully saturated rings. The van der Waals surface area contributed by atoms with Crippen molar-refractivity contribution in [2.24, 2.45) is 5.14 Å². The van der Waals surface area contributed by atoms with Crippen molar-refractivity contribution in [3.05, 3.63) is 24.3 Å². The van der Waals surface area contributed by atoms with Crippen molar-refractivity contribution < 1.29 is 26.4 Å². The predicted octanol–water partition coefficient (Wildman–Crippen LogP) is -0.826. The van der Waals surface area contributed by atoms with Crippen molar-refractivity contribution in [1.29, 1.82) is 0 Å². The van der Waals surface area contributed by atoms with Gasteiger partial charge in [-0.05, 0) is 25.1 Å². The number of carbonyl (C=O) groups is 1. The van der Waals surface area contributed by atoms with Crippen molar-refractivity contribution in [2.45, 2.75) is 22.8 Å². The van der Waals surface area contributed by atoms with E-state index in [1.165, 1.54) is 19.1 Å². The molecule has 0 radical (unpaired) electrons. The van der Waals surface area contributed by atoms with Crippen LogP contribution in [0.2, 0.25) is 0 Å². The third-order valence-corrected chi connectivity index (χ3v) is 4.78. The number of hydrogen-bond acceptors (Lipinski definition) is 6. The van der Waals surface area contributed by atoms with Gasteiger partial charge in [0.1, 0.15) is 6.04 Å². The first-order valence-corrected chi connectivity index (χ1v) is 8.34. The largest absolute Gasteiger partial charge is 0.468 e. The number of primary sulfonamides is 1. The zero-order chi connectivity index (χ0) is 15.6. The maximum absolute atomic E-state index is 12.0. The Hall–Kier alpha value is -1.49. The molecule has 0 aliphatic heterocycles. The van der Waals surface area contributed by atoms with Crippen LogP contribution in [0.15, 0.2) is 34.1 Å². The standard InChI is InChI=1S/C10H14N2O6S2/c1-7(10(13)18-2)12-20(16,17)9-5-3-4-8(6-9)19(11,14)15/h3-7,12H,1-2H3,(H2,11,14,15). The van der Waals surface area contributed by atoms with Crippen LogP contribution in [0, 0.1) is 0 Å². The Balaban J connectivity index is 3.14. The van der Waals surface area contributed by atoms with Crippen molar-refractivity contribution in [3.8, 4) is 0 Å². The van der Waals surface area contributed by atoms with Crippen LogP contribution >= 0.6 is 0 Å². The van der Waals surface area contributed by atoms with Crippen molar-refractivity contribution >= 4 is 26.0 Å². The first-order chi connectivity index (χ1) is 9.08. The average Bonchev–Trinajstić information content (AvgIpc) is 2.36. The van der Waals surface area contributed by atoms with E-state index in [0.717, 1.165) is 19.2 Å². The van der Waals surface area contributed by atoms with Crippen LogP contribution in [0.3, 0.4) is 0 Å². The summed E-state index contributed by atoms with van der Waals surface area (Å²) in [5, 5.41) is 4.92. The van der Waals surface area contributed by atoms with E-state index in [2.05, 4.69) is 9.46 Å². The summed E-state index contributed by atoms with van der Waals surface area (Å²) in [6.07, 6.45) is 0. The SMILES string of the molecule is COC(=O)C(C)NS(=O)(=O)c1cccc(S(N)(=O)=O)c1. The Morgan fingerprint density at radius 3 is 2.30 bits per heavy atom. The Bertz CT molecular complexity index is 711. The Kier molecular flexibility index (Phi) is 4.86. The minimum absolute atomic E-state index is 0.320. The van der Waals surface area contributed by atoms with E-state index < -0.39 is 32.1 Å². The van der Waals surface area contributed by atoms with Gasteiger partial charge in [0.05, 0.1) is 16.9 Å². The van der Waals surface area contributed by atoms with Crippen LogP contribution in [-0.4, -0.2) is 36.0 Å². The number of methoxy groups -OCH3 is 1. The van der Waals surface area contributed by atoms with Gasteiger partial charge in [-0.25, -0.2) is 22.0 Å². The number of nitrogens with two attached hydrogens (primary N) is 1. The number of nitrogens with one attached hydrogen (secondary N) is 1. The lowest BCUT2D eigenvalue weighted by Crippen LogP contribution is -2.39. The van der Waals surface area contributed by atoms with Gasteiger partial charge in [0.25, 0.3) is 0 Å². The number of hydrogen-bond donors (Lipinski definition) is 2. The molecule has 0 aliphatic rings. The normalized spacial score (nSPS) is 13.8. The van der Waals surface area contributed by atoms with E-state index >= 15 is 0 Å². The van der Waals surface area contributed by atoms with Crippen LogP contribution in [0.4, 0.5) is 0 Å². The van der Waals surface area contributed by atoms with E-state index in [9.17, 15) is 21.6 Å². The highest BCUT2D eigenvalue weighted by molar-refractivity contribution is 7.90. The Morgan fingerprint density at radius 1 is 1.25 bits per heavy atom. The molecule has 20 heavy (non-hydrogen) atoms. The van der Waals surface area contributed by atoms with Gasteiger partial charge in [-0.1, -0.05) is 6.07 Å². The number of carbonyl (C=O) groups excluding carboxylic acids is 1. The second-order valence-electron chi connectivity index (χ2n) is 3.89. The van der Waals surface area contributed by atoms with Crippen molar-refractivity contribution in [1.82, 2.24) is 4.72 Å². The monoisotopic (exact) mass is 322 g/mol. The molecule has 8 nitrogen and oxygen atoms in total. The lowest BCUT2D eigenvalue weighted by molar-refractivity contribution is -0.142. The molecule has 0 amide bonds. The molecule has 0 spiro atoms. The third kappa shape index (κ3) is 4.00. The summed E-state index contributed by atoms with van der Waals surface area (Å²) in [6.45, 7) is 1.30. The summed E-state index contributed by atoms with van der Waals surface area (Å²) in [4.78, 5) is 10.5. The fourth-order valence-corrected chi connectivity index (χ4v) is 3.22. The lowest BCUT2D eigenvalue weighted by atomic mass is 10.4. The summed E-state index contributed by atoms with van der Waals surface area (Å²) in [5.41, 5.74) is 0. The second-order valence-corrected chi connectivity index (χ2v) is 7.16. The highest BCUT2D eigenvalue weighted by Crippen LogP contribution is 2.15. The molecular weight excluding hydrogens is 308 g/mol. The molecule has 0 aliphatic carbocycles. The zero-order valence-corrected chi connectivity index (χ0v) is 12.4. The first kappa shape index (κ1) is 16.6. The third-order valence-electron chi connectivity index (χ3n) is 2.33. The summed E-state index contributed by atoms with van der Waals surface area (Å²) >= 11 is 0. The van der Waals surface area contributed by atoms with Crippen LogP contribution in [0.5, 0.6) is 0 Å². The molecule has 0 aromatic heterocycles. The van der Waals surface area contributed by atoms with Gasteiger partial charge < -0.3 is 4.74 Å². The van der Waals surface area contributed by atoms with Gasteiger partial charge in [-0.2, -0.15) is 4.72 Å². The van der Waals surface area contributed by atoms with Crippen molar-refractivity contribution in [3.63, 3.8) is 0 Å². The van der Waals surface area contributed by atoms with Gasteiger partial charge in [0.15, 0.2) is 0 Å². The zero-order valence-electron chi connectivity index (χ0n) is 10.7. The molecule has 112 valence electrons. The minimum atomic E-state index is -4.07. The summed E-state index contributed by atoms with van der Waals surface area (Å²) in [6, 6.07) is 3.38. The number of benzene rings is 1. The first-order valence-electron chi connectivity index (χ1n) is 5.31. The smallest absolute Gasteiger partial charge is 0.323 e. The van der Waals surface area contributed by atoms with Gasteiger partial charge in [-0.15, -0.1) is 0 Å².